The van der Waals surface area contributed by atoms with Crippen molar-refractivity contribution in [2.75, 3.05) is 31.5 Å². The van der Waals surface area contributed by atoms with Gasteiger partial charge in [0.15, 0.2) is 34.7 Å². The number of rotatable bonds is 0. The maximum Gasteiger partial charge on any atom is 0.176 e. The Balaban J connectivity index is 0.00000225. The molecular weight excluding hydrogens is 432 g/mol. The van der Waals surface area contributed by atoms with Crippen LogP contribution in [0.2, 0.25) is 0 Å². The highest BCUT2D eigenvalue weighted by Gasteiger charge is 2.46. The maximum atomic E-state index is 12.4. The molecule has 4 atom stereocenters. The zero-order chi connectivity index (χ0) is 20.3. The van der Waals surface area contributed by atoms with Crippen LogP contribution in [0.15, 0.2) is 0 Å². The normalized spacial score (nSPS) is 31.6. The molecule has 8 nitrogen and oxygen atoms in total. The fourth-order valence-electron chi connectivity index (χ4n) is 3.47. The molecule has 2 aliphatic carbocycles. The molecule has 1 saturated heterocycles. The molecule has 10 heteroatoms. The lowest BCUT2D eigenvalue weighted by Crippen LogP contribution is -2.32. The largest absolute Gasteiger partial charge is 0.348 e. The minimum Gasteiger partial charge on any atom is -0.348 e. The van der Waals surface area contributed by atoms with Crippen molar-refractivity contribution in [2.24, 2.45) is 11.8 Å². The van der Waals surface area contributed by atoms with Gasteiger partial charge in [-0.15, -0.1) is 0 Å². The smallest absolute Gasteiger partial charge is 0.176 e. The molecule has 0 N–H and O–H groups in total. The average Bonchev–Trinajstić information content (AvgIpc) is 3.08. The van der Waals surface area contributed by atoms with Gasteiger partial charge in [-0.2, -0.15) is 23.5 Å². The van der Waals surface area contributed by atoms with Crippen molar-refractivity contribution in [1.82, 2.24) is 0 Å². The van der Waals surface area contributed by atoms with E-state index >= 15 is 0 Å². The highest BCUT2D eigenvalue weighted by molar-refractivity contribution is 8.01. The molecule has 1 aliphatic heterocycles. The number of hydrogen-bond acceptors (Lipinski definition) is 10. The standard InChI is InChI=1S/C18H20O8S2.2CH4/c19-9-4-13-17(23)15(9)11(21)6-25-8-26-7-12(22)16-10(20)5-14(18(16)24)28-3-1-2-27-13;;/h13-16H,1-8H2;2*1H4. The van der Waals surface area contributed by atoms with E-state index in [-0.39, 0.29) is 50.8 Å². The molecule has 3 rings (SSSR count). The van der Waals surface area contributed by atoms with Crippen LogP contribution in [-0.2, 0) is 38.2 Å². The lowest BCUT2D eigenvalue weighted by Gasteiger charge is -2.12. The summed E-state index contributed by atoms with van der Waals surface area (Å²) in [6.07, 6.45) is 0.749. The predicted octanol–water partition coefficient (Wildman–Crippen LogP) is 1.31. The second-order valence-corrected chi connectivity index (χ2v) is 9.45. The number of ketones is 6. The van der Waals surface area contributed by atoms with Crippen LogP contribution < -0.4 is 0 Å². The molecule has 3 fully saturated rings. The van der Waals surface area contributed by atoms with Crippen LogP contribution in [0, 0.1) is 11.8 Å². The number of ether oxygens (including phenoxy) is 2. The highest BCUT2D eigenvalue weighted by Crippen LogP contribution is 2.32. The monoisotopic (exact) mass is 460 g/mol. The minimum absolute atomic E-state index is 0. The van der Waals surface area contributed by atoms with E-state index in [9.17, 15) is 28.8 Å². The Labute approximate surface area is 184 Å². The summed E-state index contributed by atoms with van der Waals surface area (Å²) in [4.78, 5) is 73.1. The van der Waals surface area contributed by atoms with Gasteiger partial charge < -0.3 is 9.47 Å². The average molecular weight is 461 g/mol. The predicted molar refractivity (Wildman–Crippen MR) is 114 cm³/mol. The van der Waals surface area contributed by atoms with Crippen molar-refractivity contribution >= 4 is 58.2 Å². The summed E-state index contributed by atoms with van der Waals surface area (Å²) in [5.74, 6) is -4.14. The molecule has 0 aromatic rings. The quantitative estimate of drug-likeness (QED) is 0.489. The zero-order valence-corrected chi connectivity index (χ0v) is 16.7. The van der Waals surface area contributed by atoms with E-state index in [0.717, 1.165) is 0 Å². The van der Waals surface area contributed by atoms with Gasteiger partial charge >= 0.3 is 0 Å². The number of carbonyl (C=O) groups excluding carboxylic acids is 6. The first-order chi connectivity index (χ1) is 13.4. The Hall–Kier alpha value is -1.36. The molecule has 2 saturated carbocycles. The van der Waals surface area contributed by atoms with Crippen LogP contribution in [-0.4, -0.2) is 76.7 Å². The summed E-state index contributed by atoms with van der Waals surface area (Å²) in [6.45, 7) is -1.38. The van der Waals surface area contributed by atoms with Crippen LogP contribution in [0.25, 0.3) is 0 Å². The van der Waals surface area contributed by atoms with Crippen molar-refractivity contribution in [3.63, 3.8) is 0 Å². The summed E-state index contributed by atoms with van der Waals surface area (Å²) in [7, 11) is 0. The van der Waals surface area contributed by atoms with Gasteiger partial charge in [0.2, 0.25) is 0 Å². The Kier molecular flexibility index (Phi) is 10.6. The van der Waals surface area contributed by atoms with Gasteiger partial charge in [-0.3, -0.25) is 28.8 Å². The second-order valence-electron chi connectivity index (χ2n) is 6.83. The second kappa shape index (κ2) is 11.9. The van der Waals surface area contributed by atoms with Crippen LogP contribution in [0.3, 0.4) is 0 Å². The number of Topliss-reactive ketones (excluding diaryl/α,β-unsaturated/α-hetero) is 6. The molecule has 0 aromatic carbocycles. The first-order valence-corrected chi connectivity index (χ1v) is 11.1. The number of fused-ring (bicyclic) bond motifs is 4. The lowest BCUT2D eigenvalue weighted by atomic mass is 10.0. The molecule has 0 amide bonds. The van der Waals surface area contributed by atoms with Crippen molar-refractivity contribution in [1.29, 1.82) is 0 Å². The van der Waals surface area contributed by atoms with Gasteiger partial charge in [-0.05, 0) is 17.9 Å². The van der Waals surface area contributed by atoms with Crippen molar-refractivity contribution in [3.05, 3.63) is 0 Å². The Morgan fingerprint density at radius 3 is 1.43 bits per heavy atom. The summed E-state index contributed by atoms with van der Waals surface area (Å²) in [5.41, 5.74) is 0. The van der Waals surface area contributed by atoms with E-state index in [0.29, 0.717) is 17.9 Å². The van der Waals surface area contributed by atoms with E-state index in [4.69, 9.17) is 9.47 Å². The third-order valence-electron chi connectivity index (χ3n) is 4.85. The molecular formula is C20H28O8S2. The van der Waals surface area contributed by atoms with Gasteiger partial charge in [-0.25, -0.2) is 0 Å². The molecule has 4 bridgehead atoms. The van der Waals surface area contributed by atoms with Crippen molar-refractivity contribution in [3.8, 4) is 0 Å². The van der Waals surface area contributed by atoms with Gasteiger partial charge in [0.1, 0.15) is 31.8 Å². The number of carbonyl (C=O) groups is 6. The summed E-state index contributed by atoms with van der Waals surface area (Å²) >= 11 is 2.67. The minimum atomic E-state index is -1.28. The third kappa shape index (κ3) is 5.87. The van der Waals surface area contributed by atoms with Gasteiger partial charge in [0, 0.05) is 12.8 Å². The Morgan fingerprint density at radius 2 is 1.03 bits per heavy atom. The Morgan fingerprint density at radius 1 is 0.633 bits per heavy atom. The zero-order valence-electron chi connectivity index (χ0n) is 15.0. The maximum absolute atomic E-state index is 12.4. The Bertz CT molecular complexity index is 662. The van der Waals surface area contributed by atoms with E-state index in [1.165, 1.54) is 23.5 Å². The molecule has 0 radical (unpaired) electrons. The van der Waals surface area contributed by atoms with Crippen molar-refractivity contribution in [2.45, 2.75) is 44.6 Å². The highest BCUT2D eigenvalue weighted by atomic mass is 32.2. The molecule has 3 aliphatic rings. The van der Waals surface area contributed by atoms with Gasteiger partial charge in [-0.1, -0.05) is 14.9 Å². The SMILES string of the molecule is C.C.O=C1COCOCC(=O)C2C(=O)CC(SCCCSC3CC(=O)C1C3=O)C2=O. The first kappa shape index (κ1) is 26.7. The fraction of sp³-hybridized carbons (Fsp3) is 0.700. The van der Waals surface area contributed by atoms with Gasteiger partial charge in [0.05, 0.1) is 10.5 Å². The lowest BCUT2D eigenvalue weighted by molar-refractivity contribution is -0.144. The molecule has 0 spiro atoms. The summed E-state index contributed by atoms with van der Waals surface area (Å²) in [5, 5.41) is -1.06. The topological polar surface area (TPSA) is 121 Å². The summed E-state index contributed by atoms with van der Waals surface area (Å²) < 4.78 is 10.0. The molecule has 168 valence electrons. The van der Waals surface area contributed by atoms with E-state index in [1.54, 1.807) is 0 Å². The van der Waals surface area contributed by atoms with Crippen LogP contribution in [0.4, 0.5) is 0 Å². The molecule has 30 heavy (non-hydrogen) atoms. The molecule has 0 aromatic heterocycles. The number of thioether (sulfide) groups is 2. The van der Waals surface area contributed by atoms with Crippen molar-refractivity contribution < 1.29 is 38.2 Å². The first-order valence-electron chi connectivity index (χ1n) is 8.97. The van der Waals surface area contributed by atoms with Gasteiger partial charge in [0.25, 0.3) is 0 Å². The van der Waals surface area contributed by atoms with E-state index < -0.39 is 53.9 Å². The summed E-state index contributed by atoms with van der Waals surface area (Å²) in [6, 6.07) is 0. The molecule has 4 unspecified atom stereocenters. The van der Waals surface area contributed by atoms with E-state index in [1.807, 2.05) is 0 Å². The van der Waals surface area contributed by atoms with Crippen LogP contribution in [0.5, 0.6) is 0 Å². The van der Waals surface area contributed by atoms with Crippen LogP contribution >= 0.6 is 23.5 Å². The third-order valence-corrected chi connectivity index (χ3v) is 7.50. The van der Waals surface area contributed by atoms with Crippen LogP contribution in [0.1, 0.15) is 34.1 Å². The van der Waals surface area contributed by atoms with E-state index in [2.05, 4.69) is 0 Å². The molecule has 1 heterocycles. The fourth-order valence-corrected chi connectivity index (χ4v) is 6.01. The number of hydrogen-bond donors (Lipinski definition) is 0.